The van der Waals surface area contributed by atoms with Crippen molar-refractivity contribution in [3.63, 3.8) is 0 Å². The molecule has 218 valence electrons. The first-order chi connectivity index (χ1) is 19.7. The molecule has 0 spiro atoms. The van der Waals surface area contributed by atoms with Crippen molar-refractivity contribution < 1.29 is 22.6 Å². The van der Waals surface area contributed by atoms with Gasteiger partial charge < -0.3 is 0 Å². The van der Waals surface area contributed by atoms with Gasteiger partial charge in [-0.25, -0.2) is 0 Å². The summed E-state index contributed by atoms with van der Waals surface area (Å²) in [6, 6.07) is 12.2. The van der Waals surface area contributed by atoms with Crippen molar-refractivity contribution in [3.05, 3.63) is 71.3 Å². The van der Waals surface area contributed by atoms with Gasteiger partial charge in [0.05, 0.1) is 5.75 Å². The van der Waals surface area contributed by atoms with Crippen LogP contribution in [0.15, 0.2) is 76.2 Å². The molecule has 2 aliphatic heterocycles. The Hall–Kier alpha value is -2.69. The number of thioether (sulfide) groups is 1. The Balaban J connectivity index is 1.61. The first kappa shape index (κ1) is 31.2. The zero-order valence-electron chi connectivity index (χ0n) is 23.3. The molecule has 41 heavy (non-hydrogen) atoms. The van der Waals surface area contributed by atoms with Gasteiger partial charge in [0.25, 0.3) is 10.1 Å². The number of carbonyl (C=O) groups excluding carboxylic acids is 2. The van der Waals surface area contributed by atoms with Crippen molar-refractivity contribution in [2.45, 2.75) is 50.8 Å². The van der Waals surface area contributed by atoms with E-state index in [1.807, 2.05) is 35.2 Å². The Morgan fingerprint density at radius 2 is 1.46 bits per heavy atom. The molecular weight excluding hydrogens is 625 g/mol. The van der Waals surface area contributed by atoms with Gasteiger partial charge in [-0.05, 0) is 5.39 Å². The van der Waals surface area contributed by atoms with Crippen LogP contribution in [0.25, 0.3) is 10.8 Å². The number of hydrogen-bond donors (Lipinski definition) is 1. The van der Waals surface area contributed by atoms with Crippen LogP contribution in [0.2, 0.25) is 0 Å². The molecule has 2 aromatic rings. The van der Waals surface area contributed by atoms with E-state index >= 15 is 0 Å². The second-order valence-corrected chi connectivity index (χ2v) is 13.3. The molecule has 2 aliphatic rings. The summed E-state index contributed by atoms with van der Waals surface area (Å²) in [7, 11) is -4.06. The molecule has 1 N–H and O–H groups in total. The van der Waals surface area contributed by atoms with E-state index in [-0.39, 0.29) is 29.6 Å². The normalized spacial score (nSPS) is 17.0. The number of anilines is 1. The number of unbranched alkanes of at least 4 members (excludes halogenated alkanes) is 2. The fraction of sp³-hybridized carbons (Fsp3) is 0.367. The van der Waals surface area contributed by atoms with E-state index in [0.29, 0.717) is 24.3 Å². The summed E-state index contributed by atoms with van der Waals surface area (Å²) in [6.45, 7) is 5.61. The maximum absolute atomic E-state index is 13.3. The summed E-state index contributed by atoms with van der Waals surface area (Å²) in [5, 5.41) is 3.10. The van der Waals surface area contributed by atoms with Gasteiger partial charge in [-0.1, -0.05) is 30.3 Å². The average molecular weight is 661 g/mol. The van der Waals surface area contributed by atoms with E-state index in [0.717, 1.165) is 52.1 Å². The summed E-state index contributed by atoms with van der Waals surface area (Å²) in [6.07, 6.45) is 10.8. The van der Waals surface area contributed by atoms with E-state index in [4.69, 9.17) is 0 Å². The molecule has 1 fully saturated rings. The van der Waals surface area contributed by atoms with E-state index < -0.39 is 10.1 Å². The molecule has 2 amide bonds. The van der Waals surface area contributed by atoms with Gasteiger partial charge >= 0.3 is 191 Å². The van der Waals surface area contributed by atoms with Crippen LogP contribution < -0.4 is 4.90 Å². The predicted molar refractivity (Wildman–Crippen MR) is 167 cm³/mol. The summed E-state index contributed by atoms with van der Waals surface area (Å²) < 4.78 is 32.5. The SMILES string of the molecule is CCCCN1C(=O)C(=C/C=C/C=C2/Sc3c(ccc4ccccc34)N2CCCS(=O)(=O)O)C(=O)N(CCCC)C1=[Se]. The zero-order valence-corrected chi connectivity index (χ0v) is 26.6. The molecule has 0 bridgehead atoms. The molecule has 2 aromatic carbocycles. The number of hydrogen-bond acceptors (Lipinski definition) is 6. The topological polar surface area (TPSA) is 98.2 Å². The van der Waals surface area contributed by atoms with Gasteiger partial charge in [0.2, 0.25) is 0 Å². The summed E-state index contributed by atoms with van der Waals surface area (Å²) in [5.41, 5.74) is 1.10. The Morgan fingerprint density at radius 1 is 0.854 bits per heavy atom. The second-order valence-electron chi connectivity index (χ2n) is 9.90. The number of rotatable bonds is 12. The van der Waals surface area contributed by atoms with Crippen molar-refractivity contribution in [2.75, 3.05) is 30.3 Å². The predicted octanol–water partition coefficient (Wildman–Crippen LogP) is 4.88. The second kappa shape index (κ2) is 14.0. The molecule has 0 saturated carbocycles. The van der Waals surface area contributed by atoms with Crippen molar-refractivity contribution in [2.24, 2.45) is 0 Å². The van der Waals surface area contributed by atoms with Crippen LogP contribution in [0.4, 0.5) is 5.69 Å². The molecule has 0 radical (unpaired) electrons. The fourth-order valence-corrected chi connectivity index (χ4v) is 7.21. The molecule has 8 nitrogen and oxygen atoms in total. The Morgan fingerprint density at radius 3 is 2.10 bits per heavy atom. The van der Waals surface area contributed by atoms with Gasteiger partial charge in [-0.2, -0.15) is 8.42 Å². The van der Waals surface area contributed by atoms with Crippen LogP contribution in [0.1, 0.15) is 46.0 Å². The van der Waals surface area contributed by atoms with Crippen LogP contribution in [-0.2, 0) is 19.7 Å². The average Bonchev–Trinajstić information content (AvgIpc) is 3.29. The van der Waals surface area contributed by atoms with Crippen molar-refractivity contribution in [3.8, 4) is 0 Å². The molecular formula is C30H35N3O5S2Se. The number of amides is 2. The summed E-state index contributed by atoms with van der Waals surface area (Å²) in [4.78, 5) is 33.0. The fourth-order valence-electron chi connectivity index (χ4n) is 4.75. The monoisotopic (exact) mass is 661 g/mol. The molecule has 0 unspecified atom stereocenters. The van der Waals surface area contributed by atoms with E-state index in [1.54, 1.807) is 39.8 Å². The van der Waals surface area contributed by atoms with Crippen LogP contribution in [0.5, 0.6) is 0 Å². The summed E-state index contributed by atoms with van der Waals surface area (Å²) >= 11 is 4.53. The molecule has 4 rings (SSSR count). The van der Waals surface area contributed by atoms with E-state index in [1.165, 1.54) is 0 Å². The standard InChI is InChI=1S/C30H35N3O5S2Se/c1-3-5-18-32-28(34)24(29(35)33(30(32)41)19-6-4-2)14-9-10-15-26-31(20-11-21-40(36,37)38)25-17-16-22-12-7-8-13-23(22)27(25)39-26/h7-10,12-17H,3-6,11,18-21H2,1-2H3,(H,36,37,38)/b10-9+,26-15+. The van der Waals surface area contributed by atoms with E-state index in [2.05, 4.69) is 41.6 Å². The maximum atomic E-state index is 13.3. The van der Waals surface area contributed by atoms with Crippen LogP contribution >= 0.6 is 11.8 Å². The van der Waals surface area contributed by atoms with E-state index in [9.17, 15) is 22.6 Å². The molecule has 1 saturated heterocycles. The zero-order chi connectivity index (χ0) is 29.6. The first-order valence-electron chi connectivity index (χ1n) is 13.8. The minimum absolute atomic E-state index is 0.129. The molecule has 2 heterocycles. The third-order valence-electron chi connectivity index (χ3n) is 6.90. The van der Waals surface area contributed by atoms with Crippen LogP contribution in [-0.4, -0.2) is 80.2 Å². The number of carbonyl (C=O) groups is 2. The van der Waals surface area contributed by atoms with Gasteiger partial charge in [0.1, 0.15) is 0 Å². The summed E-state index contributed by atoms with van der Waals surface area (Å²) in [5.74, 6) is -0.931. The molecule has 11 heteroatoms. The number of fused-ring (bicyclic) bond motifs is 3. The van der Waals surface area contributed by atoms with Gasteiger partial charge in [0.15, 0.2) is 0 Å². The molecule has 0 atom stereocenters. The number of allylic oxidation sites excluding steroid dienone is 4. The van der Waals surface area contributed by atoms with Crippen molar-refractivity contribution in [1.82, 2.24) is 9.80 Å². The Bertz CT molecular complexity index is 1500. The molecule has 0 aliphatic carbocycles. The Labute approximate surface area is 254 Å². The van der Waals surface area contributed by atoms with Gasteiger partial charge in [0, 0.05) is 0 Å². The molecule has 0 aromatic heterocycles. The van der Waals surface area contributed by atoms with Crippen LogP contribution in [0, 0.1) is 0 Å². The minimum atomic E-state index is -4.06. The van der Waals surface area contributed by atoms with Crippen LogP contribution in [0.3, 0.4) is 0 Å². The first-order valence-corrected chi connectivity index (χ1v) is 17.1. The quantitative estimate of drug-likeness (QED) is 0.150. The number of nitrogens with zero attached hydrogens (tertiary/aromatic N) is 3. The number of benzene rings is 2. The van der Waals surface area contributed by atoms with Crippen molar-refractivity contribution in [1.29, 1.82) is 0 Å². The third kappa shape index (κ3) is 7.40. The van der Waals surface area contributed by atoms with Gasteiger partial charge in [-0.3, -0.25) is 4.55 Å². The Kier molecular flexibility index (Phi) is 10.7. The third-order valence-corrected chi connectivity index (χ3v) is 9.83. The van der Waals surface area contributed by atoms with Crippen molar-refractivity contribution >= 4 is 70.4 Å². The van der Waals surface area contributed by atoms with Gasteiger partial charge in [-0.15, -0.1) is 0 Å².